The van der Waals surface area contributed by atoms with Crippen LogP contribution in [-0.2, 0) is 14.3 Å². The lowest BCUT2D eigenvalue weighted by Crippen LogP contribution is -2.25. The Morgan fingerprint density at radius 1 is 1.64 bits per heavy atom. The zero-order chi connectivity index (χ0) is 10.8. The molecule has 1 fully saturated rings. The predicted molar refractivity (Wildman–Crippen MR) is 47.8 cm³/mol. The van der Waals surface area contributed by atoms with Gasteiger partial charge in [-0.15, -0.1) is 0 Å². The standard InChI is InChI=1S/C9H16O5/c1-9(2)13-5-7(14-9)3-6(10)4-8(11)12/h6-7,10H,3-5H2,1-2H3,(H,11,12)/t6-,7-/m0/s1. The fourth-order valence-electron chi connectivity index (χ4n) is 1.47. The molecular formula is C9H16O5. The van der Waals surface area contributed by atoms with Crippen LogP contribution in [0.4, 0.5) is 0 Å². The average Bonchev–Trinajstić information content (AvgIpc) is 2.27. The number of carbonyl (C=O) groups is 1. The van der Waals surface area contributed by atoms with E-state index in [0.717, 1.165) is 0 Å². The van der Waals surface area contributed by atoms with Crippen molar-refractivity contribution in [2.45, 2.75) is 44.7 Å². The summed E-state index contributed by atoms with van der Waals surface area (Å²) < 4.78 is 10.7. The molecule has 1 aliphatic rings. The summed E-state index contributed by atoms with van der Waals surface area (Å²) in [5.41, 5.74) is 0. The van der Waals surface area contributed by atoms with Gasteiger partial charge in [-0.3, -0.25) is 4.79 Å². The number of ether oxygens (including phenoxy) is 2. The van der Waals surface area contributed by atoms with Crippen molar-refractivity contribution in [2.24, 2.45) is 0 Å². The lowest BCUT2D eigenvalue weighted by molar-refractivity contribution is -0.144. The summed E-state index contributed by atoms with van der Waals surface area (Å²) in [5.74, 6) is -1.62. The summed E-state index contributed by atoms with van der Waals surface area (Å²) in [6.45, 7) is 3.98. The first-order chi connectivity index (χ1) is 6.39. The highest BCUT2D eigenvalue weighted by Crippen LogP contribution is 2.25. The topological polar surface area (TPSA) is 76.0 Å². The van der Waals surface area contributed by atoms with Crippen molar-refractivity contribution >= 4 is 5.97 Å². The van der Waals surface area contributed by atoms with E-state index in [0.29, 0.717) is 13.0 Å². The second kappa shape index (κ2) is 4.25. The minimum absolute atomic E-state index is 0.209. The van der Waals surface area contributed by atoms with E-state index in [1.54, 1.807) is 13.8 Å². The van der Waals surface area contributed by atoms with Crippen molar-refractivity contribution < 1.29 is 24.5 Å². The molecule has 0 aliphatic carbocycles. The zero-order valence-electron chi connectivity index (χ0n) is 8.40. The Kier molecular flexibility index (Phi) is 3.47. The molecule has 0 aromatic carbocycles. The molecule has 82 valence electrons. The van der Waals surface area contributed by atoms with Crippen LogP contribution in [-0.4, -0.2) is 40.8 Å². The van der Waals surface area contributed by atoms with Crippen LogP contribution >= 0.6 is 0 Å². The number of carboxylic acids is 1. The van der Waals surface area contributed by atoms with Crippen LogP contribution in [0.1, 0.15) is 26.7 Å². The van der Waals surface area contributed by atoms with Gasteiger partial charge in [0.2, 0.25) is 0 Å². The fraction of sp³-hybridized carbons (Fsp3) is 0.889. The molecule has 1 saturated heterocycles. The number of aliphatic carboxylic acids is 1. The monoisotopic (exact) mass is 204 g/mol. The number of hydrogen-bond donors (Lipinski definition) is 2. The maximum absolute atomic E-state index is 10.3. The third-order valence-electron chi connectivity index (χ3n) is 2.01. The number of aliphatic hydroxyl groups is 1. The van der Waals surface area contributed by atoms with Gasteiger partial charge in [-0.25, -0.2) is 0 Å². The van der Waals surface area contributed by atoms with Gasteiger partial charge in [0.1, 0.15) is 0 Å². The van der Waals surface area contributed by atoms with Crippen LogP contribution in [0.5, 0.6) is 0 Å². The third kappa shape index (κ3) is 3.61. The van der Waals surface area contributed by atoms with Crippen LogP contribution in [0.2, 0.25) is 0 Å². The molecular weight excluding hydrogens is 188 g/mol. The Morgan fingerprint density at radius 3 is 2.71 bits per heavy atom. The van der Waals surface area contributed by atoms with Crippen LogP contribution in [0, 0.1) is 0 Å². The highest BCUT2D eigenvalue weighted by molar-refractivity contribution is 5.67. The zero-order valence-corrected chi connectivity index (χ0v) is 8.40. The molecule has 14 heavy (non-hydrogen) atoms. The summed E-state index contributed by atoms with van der Waals surface area (Å²) in [7, 11) is 0. The molecule has 0 amide bonds. The molecule has 1 rings (SSSR count). The van der Waals surface area contributed by atoms with Crippen LogP contribution in [0.3, 0.4) is 0 Å². The van der Waals surface area contributed by atoms with E-state index in [9.17, 15) is 9.90 Å². The Morgan fingerprint density at radius 2 is 2.29 bits per heavy atom. The predicted octanol–water partition coefficient (Wildman–Crippen LogP) is 0.364. The van der Waals surface area contributed by atoms with E-state index in [4.69, 9.17) is 14.6 Å². The van der Waals surface area contributed by atoms with E-state index in [1.807, 2.05) is 0 Å². The summed E-state index contributed by atoms with van der Waals surface area (Å²) in [4.78, 5) is 10.3. The normalized spacial score (nSPS) is 27.5. The first-order valence-electron chi connectivity index (χ1n) is 4.61. The molecule has 2 atom stereocenters. The summed E-state index contributed by atoms with van der Waals surface area (Å²) in [6, 6.07) is 0. The smallest absolute Gasteiger partial charge is 0.305 e. The second-order valence-corrected chi connectivity index (χ2v) is 3.94. The van der Waals surface area contributed by atoms with Gasteiger partial charge in [-0.1, -0.05) is 0 Å². The van der Waals surface area contributed by atoms with Crippen molar-refractivity contribution in [3.05, 3.63) is 0 Å². The highest BCUT2D eigenvalue weighted by atomic mass is 16.7. The van der Waals surface area contributed by atoms with Crippen LogP contribution < -0.4 is 0 Å². The Hall–Kier alpha value is -0.650. The fourth-order valence-corrected chi connectivity index (χ4v) is 1.47. The van der Waals surface area contributed by atoms with Gasteiger partial charge in [-0.05, 0) is 13.8 Å². The Bertz CT molecular complexity index is 213. The number of hydrogen-bond acceptors (Lipinski definition) is 4. The third-order valence-corrected chi connectivity index (χ3v) is 2.01. The van der Waals surface area contributed by atoms with Crippen molar-refractivity contribution in [2.75, 3.05) is 6.61 Å². The van der Waals surface area contributed by atoms with Crippen molar-refractivity contribution in [3.8, 4) is 0 Å². The second-order valence-electron chi connectivity index (χ2n) is 3.94. The van der Waals surface area contributed by atoms with E-state index < -0.39 is 17.9 Å². The number of rotatable bonds is 4. The number of aliphatic hydroxyl groups excluding tert-OH is 1. The Balaban J connectivity index is 2.29. The summed E-state index contributed by atoms with van der Waals surface area (Å²) >= 11 is 0. The van der Waals surface area contributed by atoms with E-state index in [-0.39, 0.29) is 12.5 Å². The molecule has 0 saturated carbocycles. The van der Waals surface area contributed by atoms with Gasteiger partial charge >= 0.3 is 5.97 Å². The lowest BCUT2D eigenvalue weighted by atomic mass is 10.1. The van der Waals surface area contributed by atoms with Gasteiger partial charge in [0.15, 0.2) is 5.79 Å². The molecule has 0 unspecified atom stereocenters. The maximum Gasteiger partial charge on any atom is 0.305 e. The first-order valence-corrected chi connectivity index (χ1v) is 4.61. The highest BCUT2D eigenvalue weighted by Gasteiger charge is 2.33. The lowest BCUT2D eigenvalue weighted by Gasteiger charge is -2.18. The Labute approximate surface area is 82.6 Å². The molecule has 0 aromatic rings. The molecule has 0 radical (unpaired) electrons. The SMILES string of the molecule is CC1(C)OC[C@H](C[C@H](O)CC(=O)O)O1. The molecule has 2 N–H and O–H groups in total. The minimum Gasteiger partial charge on any atom is -0.481 e. The molecule has 0 aromatic heterocycles. The quantitative estimate of drug-likeness (QED) is 0.691. The van der Waals surface area contributed by atoms with Gasteiger partial charge in [0, 0.05) is 6.42 Å². The van der Waals surface area contributed by atoms with Gasteiger partial charge in [0.05, 0.1) is 25.2 Å². The van der Waals surface area contributed by atoms with E-state index in [2.05, 4.69) is 0 Å². The van der Waals surface area contributed by atoms with Gasteiger partial charge in [0.25, 0.3) is 0 Å². The molecule has 1 aliphatic heterocycles. The molecule has 5 heteroatoms. The molecule has 0 bridgehead atoms. The van der Waals surface area contributed by atoms with Gasteiger partial charge < -0.3 is 19.7 Å². The van der Waals surface area contributed by atoms with Crippen molar-refractivity contribution in [3.63, 3.8) is 0 Å². The summed E-state index contributed by atoms with van der Waals surface area (Å²) in [6.07, 6.45) is -1.02. The molecule has 5 nitrogen and oxygen atoms in total. The van der Waals surface area contributed by atoms with Crippen LogP contribution in [0.25, 0.3) is 0 Å². The molecule has 1 heterocycles. The van der Waals surface area contributed by atoms with Crippen LogP contribution in [0.15, 0.2) is 0 Å². The maximum atomic E-state index is 10.3. The number of carboxylic acid groups (broad SMARTS) is 1. The van der Waals surface area contributed by atoms with E-state index >= 15 is 0 Å². The minimum atomic E-state index is -1.00. The molecule has 0 spiro atoms. The largest absolute Gasteiger partial charge is 0.481 e. The average molecular weight is 204 g/mol. The first kappa shape index (κ1) is 11.4. The summed E-state index contributed by atoms with van der Waals surface area (Å²) in [5, 5.41) is 17.8. The van der Waals surface area contributed by atoms with E-state index in [1.165, 1.54) is 0 Å². The van der Waals surface area contributed by atoms with Crippen molar-refractivity contribution in [1.82, 2.24) is 0 Å². The van der Waals surface area contributed by atoms with Crippen molar-refractivity contribution in [1.29, 1.82) is 0 Å². The van der Waals surface area contributed by atoms with Gasteiger partial charge in [-0.2, -0.15) is 0 Å².